The van der Waals surface area contributed by atoms with Gasteiger partial charge < -0.3 is 94.9 Å². The Kier molecular flexibility index (Phi) is 31.8. The summed E-state index contributed by atoms with van der Waals surface area (Å²) < 4.78 is 0. The number of nitrogens with zero attached hydrogens (tertiary/aromatic N) is 1. The number of rotatable bonds is 39. The number of aromatic amines is 1. The average Bonchev–Trinajstić information content (AvgIpc) is 1.77. The van der Waals surface area contributed by atoms with E-state index in [0.717, 1.165) is 4.90 Å². The van der Waals surface area contributed by atoms with Gasteiger partial charge in [0.25, 0.3) is 0 Å². The zero-order valence-electron chi connectivity index (χ0n) is 54.8. The summed E-state index contributed by atoms with van der Waals surface area (Å²) in [5, 5.41) is 67.1. The molecule has 0 radical (unpaired) electrons. The van der Waals surface area contributed by atoms with Crippen LogP contribution in [0.4, 0.5) is 0 Å². The number of aromatic hydroxyl groups is 1. The molecule has 11 atom stereocenters. The van der Waals surface area contributed by atoms with E-state index in [1.165, 1.54) is 43.0 Å². The Morgan fingerprint density at radius 1 is 0.632 bits per heavy atom. The molecule has 524 valence electrons. The first-order chi connectivity index (χ1) is 44.9. The number of hydrogen-bond acceptors (Lipinski definition) is 18. The van der Waals surface area contributed by atoms with E-state index in [2.05, 4.69) is 58.2 Å². The first-order valence-electron chi connectivity index (χ1n) is 31.5. The summed E-state index contributed by atoms with van der Waals surface area (Å²) in [5.41, 5.74) is 12.5. The maximum Gasteiger partial charge on any atom is 0.322 e. The number of carboxylic acids is 1. The Hall–Kier alpha value is -8.88. The highest BCUT2D eigenvalue weighted by molar-refractivity contribution is 7.98. The molecule has 0 saturated carbocycles. The van der Waals surface area contributed by atoms with Crippen LogP contribution in [0.15, 0.2) is 54.7 Å². The van der Waals surface area contributed by atoms with Crippen molar-refractivity contribution in [2.75, 3.05) is 38.2 Å². The van der Waals surface area contributed by atoms with Gasteiger partial charge in [-0.1, -0.05) is 71.9 Å². The minimum Gasteiger partial charge on any atom is -0.508 e. The molecular weight excluding hydrogens is 1260 g/mol. The average molecular weight is 1350 g/mol. The number of likely N-dealkylation sites (tertiary alicyclic amines) is 1. The molecule has 3 aromatic rings. The number of primary amides is 1. The van der Waals surface area contributed by atoms with Crippen LogP contribution in [-0.4, -0.2) is 212 Å². The largest absolute Gasteiger partial charge is 0.508 e. The SMILES string of the molecule is CSCC[C@H](NC(=O)[C@H](Cc1c[nH]c2ccccc12)NC(=O)[C@H](CO)NC(=O)[C@@H]1CCCN1C(=O)[C@@H](NC(=O)[C@H](Cc1ccc(O)cc1)NC(=O)[C@H](CCC(N)=O)NC(=O)[C@H](CC(C)C)NC(=O)CN)C(C)O)C(=O)N[C@@H](CC(C)C)C(=O)N[C@H](C(=O)NCC(=O)O)C(C)C. The molecule has 1 aliphatic rings. The summed E-state index contributed by atoms with van der Waals surface area (Å²) in [6.07, 6.45) is 0.869. The van der Waals surface area contributed by atoms with Crippen molar-refractivity contribution in [2.24, 2.45) is 29.2 Å². The summed E-state index contributed by atoms with van der Waals surface area (Å²) in [4.78, 5) is 181. The van der Waals surface area contributed by atoms with Crippen LogP contribution < -0.4 is 64.6 Å². The number of carboxylic acid groups (broad SMARTS) is 1. The Morgan fingerprint density at radius 3 is 1.71 bits per heavy atom. The molecule has 1 saturated heterocycles. The van der Waals surface area contributed by atoms with Gasteiger partial charge in [0.2, 0.25) is 70.9 Å². The van der Waals surface area contributed by atoms with Gasteiger partial charge in [-0.05, 0) is 105 Å². The third-order valence-corrected chi connectivity index (χ3v) is 16.2. The first-order valence-corrected chi connectivity index (χ1v) is 32.9. The molecule has 1 aromatic heterocycles. The van der Waals surface area contributed by atoms with Gasteiger partial charge in [-0.3, -0.25) is 62.3 Å². The van der Waals surface area contributed by atoms with Crippen molar-refractivity contribution < 1.29 is 82.8 Å². The number of nitrogens with one attached hydrogen (secondary N) is 11. The first kappa shape index (κ1) is 78.6. The maximum atomic E-state index is 14.7. The molecule has 2 aromatic carbocycles. The van der Waals surface area contributed by atoms with E-state index in [9.17, 15) is 77.6 Å². The van der Waals surface area contributed by atoms with Crippen LogP contribution in [0, 0.1) is 17.8 Å². The highest BCUT2D eigenvalue weighted by Crippen LogP contribution is 2.23. The second-order valence-electron chi connectivity index (χ2n) is 24.6. The van der Waals surface area contributed by atoms with Crippen LogP contribution in [0.1, 0.15) is 105 Å². The lowest BCUT2D eigenvalue weighted by Gasteiger charge is -2.32. The molecule has 0 spiro atoms. The molecular formula is C63H94N14O17S. The Labute approximate surface area is 555 Å². The molecule has 19 N–H and O–H groups in total. The number of benzene rings is 2. The van der Waals surface area contributed by atoms with E-state index in [1.54, 1.807) is 78.3 Å². The molecule has 12 amide bonds. The van der Waals surface area contributed by atoms with Crippen LogP contribution in [0.25, 0.3) is 10.9 Å². The van der Waals surface area contributed by atoms with Gasteiger partial charge in [0.05, 0.1) is 19.3 Å². The highest BCUT2D eigenvalue weighted by Gasteiger charge is 2.42. The van der Waals surface area contributed by atoms with E-state index in [4.69, 9.17) is 16.6 Å². The number of carbonyl (C=O) groups excluding carboxylic acids is 12. The van der Waals surface area contributed by atoms with Crippen LogP contribution in [0.5, 0.6) is 5.75 Å². The number of carbonyl (C=O) groups is 13. The zero-order valence-corrected chi connectivity index (χ0v) is 55.6. The van der Waals surface area contributed by atoms with Crippen molar-refractivity contribution in [1.82, 2.24) is 63.1 Å². The fourth-order valence-electron chi connectivity index (χ4n) is 10.5. The lowest BCUT2D eigenvalue weighted by molar-refractivity contribution is -0.145. The van der Waals surface area contributed by atoms with Crippen molar-refractivity contribution in [3.8, 4) is 5.75 Å². The number of phenolic OH excluding ortho intramolecular Hbond substituents is 1. The third-order valence-electron chi connectivity index (χ3n) is 15.5. The van der Waals surface area contributed by atoms with Gasteiger partial charge in [0.1, 0.15) is 72.7 Å². The van der Waals surface area contributed by atoms with Crippen molar-refractivity contribution >= 4 is 99.5 Å². The minimum atomic E-state index is -1.80. The number of fused-ring (bicyclic) bond motifs is 1. The number of para-hydroxylation sites is 1. The maximum absolute atomic E-state index is 14.7. The molecule has 95 heavy (non-hydrogen) atoms. The molecule has 4 rings (SSSR count). The van der Waals surface area contributed by atoms with Gasteiger partial charge >= 0.3 is 5.97 Å². The molecule has 2 heterocycles. The highest BCUT2D eigenvalue weighted by atomic mass is 32.2. The van der Waals surface area contributed by atoms with E-state index >= 15 is 0 Å². The number of amides is 12. The number of aromatic nitrogens is 1. The van der Waals surface area contributed by atoms with Gasteiger partial charge in [-0.2, -0.15) is 11.8 Å². The van der Waals surface area contributed by atoms with E-state index < -0.39 is 175 Å². The minimum absolute atomic E-state index is 0.00506. The predicted molar refractivity (Wildman–Crippen MR) is 350 cm³/mol. The zero-order chi connectivity index (χ0) is 70.8. The lowest BCUT2D eigenvalue weighted by Crippen LogP contribution is -2.62. The smallest absolute Gasteiger partial charge is 0.322 e. The van der Waals surface area contributed by atoms with Crippen molar-refractivity contribution in [3.63, 3.8) is 0 Å². The Balaban J connectivity index is 1.60. The molecule has 1 unspecified atom stereocenters. The van der Waals surface area contributed by atoms with Crippen LogP contribution in [0.2, 0.25) is 0 Å². The number of nitrogens with two attached hydrogens (primary N) is 2. The summed E-state index contributed by atoms with van der Waals surface area (Å²) in [7, 11) is 0. The predicted octanol–water partition coefficient (Wildman–Crippen LogP) is -2.69. The molecule has 32 heteroatoms. The molecule has 0 aliphatic carbocycles. The van der Waals surface area contributed by atoms with Gasteiger partial charge in [0, 0.05) is 42.9 Å². The lowest BCUT2D eigenvalue weighted by atomic mass is 9.99. The van der Waals surface area contributed by atoms with Crippen molar-refractivity contribution in [3.05, 3.63) is 65.9 Å². The number of H-pyrrole nitrogens is 1. The molecule has 0 bridgehead atoms. The summed E-state index contributed by atoms with van der Waals surface area (Å²) in [5.74, 6) is -12.4. The van der Waals surface area contributed by atoms with Crippen LogP contribution in [-0.2, 0) is 75.2 Å². The second kappa shape index (κ2) is 38.5. The Bertz CT molecular complexity index is 3160. The fourth-order valence-corrected chi connectivity index (χ4v) is 11.0. The number of thioether (sulfide) groups is 1. The Morgan fingerprint density at radius 2 is 1.15 bits per heavy atom. The van der Waals surface area contributed by atoms with E-state index in [1.807, 2.05) is 0 Å². The number of aliphatic hydroxyl groups is 2. The quantitative estimate of drug-likeness (QED) is 0.0277. The molecule has 1 aliphatic heterocycles. The van der Waals surface area contributed by atoms with Gasteiger partial charge in [-0.25, -0.2) is 0 Å². The number of hydrogen-bond donors (Lipinski definition) is 17. The van der Waals surface area contributed by atoms with Crippen molar-refractivity contribution in [2.45, 2.75) is 173 Å². The standard InChI is InChI=1S/C63H94N14O17S/c1-32(2)24-43(68-50(82)28-64)56(87)69-41(19-20-49(65)81)54(85)72-45(26-36-15-17-38(80)18-16-36)59(90)76-53(35(7)79)63(94)77-22-11-14-48(77)61(92)74-47(31-78)60(91)73-46(27-37-29-66-40-13-10-9-12-39(37)40)57(88)70-42(21-23-95-8)55(86)71-44(25-33(3)4)58(89)75-52(34(5)6)62(93)67-30-51(83)84/h9-10,12-13,15-18,29,32-35,41-48,52-53,66,78-80H,11,14,19-28,30-31,64H2,1-8H3,(H2,65,81)(H,67,93)(H,68,82)(H,69,87)(H,70,88)(H,71,86)(H,72,85)(H,73,91)(H,74,92)(H,75,89)(H,76,90)(H,83,84)/t35?,41-,42-,43-,44-,45-,46-,47-,48-,52-,53-/m0/s1. The van der Waals surface area contributed by atoms with Gasteiger partial charge in [0.15, 0.2) is 0 Å². The third kappa shape index (κ3) is 25.1. The summed E-state index contributed by atoms with van der Waals surface area (Å²) >= 11 is 1.35. The topological polar surface area (TPSA) is 494 Å². The number of aliphatic carboxylic acids is 1. The normalized spacial score (nSPS) is 16.1. The molecule has 1 fully saturated rings. The summed E-state index contributed by atoms with van der Waals surface area (Å²) in [6, 6.07) is -1.89. The monoisotopic (exact) mass is 1350 g/mol. The number of phenols is 1. The van der Waals surface area contributed by atoms with Crippen molar-refractivity contribution in [1.29, 1.82) is 0 Å². The molecule has 31 nitrogen and oxygen atoms in total. The summed E-state index contributed by atoms with van der Waals surface area (Å²) in [6.45, 7) is 9.34. The van der Waals surface area contributed by atoms with Crippen LogP contribution in [0.3, 0.4) is 0 Å². The second-order valence-corrected chi connectivity index (χ2v) is 25.6. The van der Waals surface area contributed by atoms with E-state index in [-0.39, 0.29) is 75.5 Å². The van der Waals surface area contributed by atoms with Crippen LogP contribution >= 0.6 is 11.8 Å². The number of aliphatic hydroxyl groups excluding tert-OH is 2. The fraction of sp³-hybridized carbons (Fsp3) is 0.571. The van der Waals surface area contributed by atoms with Gasteiger partial charge in [-0.15, -0.1) is 0 Å². The van der Waals surface area contributed by atoms with E-state index in [0.29, 0.717) is 27.8 Å².